The molecule has 238 valence electrons. The molecule has 8 aromatic carbocycles. The topological polar surface area (TPSA) is 9.86 Å². The molecule has 0 saturated carbocycles. The van der Waals surface area contributed by atoms with E-state index in [0.717, 1.165) is 0 Å². The molecule has 1 aliphatic rings. The summed E-state index contributed by atoms with van der Waals surface area (Å²) >= 11 is 0. The van der Waals surface area contributed by atoms with E-state index in [2.05, 4.69) is 197 Å². The summed E-state index contributed by atoms with van der Waals surface area (Å²) in [4.78, 5) is 0. The maximum absolute atomic E-state index is 2.48. The van der Waals surface area contributed by atoms with Gasteiger partial charge in [0.1, 0.15) is 0 Å². The monoisotopic (exact) mass is 648 g/mol. The van der Waals surface area contributed by atoms with E-state index < -0.39 is 0 Å². The van der Waals surface area contributed by atoms with Crippen molar-refractivity contribution in [1.82, 2.24) is 9.13 Å². The summed E-state index contributed by atoms with van der Waals surface area (Å²) in [7, 11) is 0. The Balaban J connectivity index is 1.14. The van der Waals surface area contributed by atoms with Gasteiger partial charge in [0.25, 0.3) is 0 Å². The van der Waals surface area contributed by atoms with Gasteiger partial charge in [-0.3, -0.25) is 0 Å². The molecule has 0 bridgehead atoms. The first-order valence-electron chi connectivity index (χ1n) is 17.7. The number of rotatable bonds is 4. The van der Waals surface area contributed by atoms with Crippen LogP contribution in [0.1, 0.15) is 22.6 Å². The van der Waals surface area contributed by atoms with E-state index in [1.54, 1.807) is 0 Å². The molecule has 1 aliphatic carbocycles. The van der Waals surface area contributed by atoms with Crippen molar-refractivity contribution >= 4 is 43.6 Å². The van der Waals surface area contributed by atoms with Gasteiger partial charge in [-0.2, -0.15) is 0 Å². The fourth-order valence-corrected chi connectivity index (χ4v) is 8.92. The fourth-order valence-electron chi connectivity index (χ4n) is 8.92. The Hall–Kier alpha value is -6.64. The molecule has 0 amide bonds. The lowest BCUT2D eigenvalue weighted by molar-refractivity contribution is 1.02. The maximum atomic E-state index is 2.48. The Kier molecular flexibility index (Phi) is 6.05. The van der Waals surface area contributed by atoms with Crippen LogP contribution in [0.15, 0.2) is 188 Å². The predicted octanol–water partition coefficient (Wildman–Crippen LogP) is 12.7. The Morgan fingerprint density at radius 2 is 0.667 bits per heavy atom. The second kappa shape index (κ2) is 10.9. The molecule has 2 heterocycles. The summed E-state index contributed by atoms with van der Waals surface area (Å²) in [5.41, 5.74) is 16.3. The van der Waals surface area contributed by atoms with Gasteiger partial charge in [0.2, 0.25) is 0 Å². The van der Waals surface area contributed by atoms with Crippen molar-refractivity contribution in [1.29, 1.82) is 0 Å². The molecule has 0 unspecified atom stereocenters. The number of benzene rings is 8. The van der Waals surface area contributed by atoms with Crippen LogP contribution < -0.4 is 0 Å². The number of fused-ring (bicyclic) bond motifs is 9. The highest BCUT2D eigenvalue weighted by molar-refractivity contribution is 6.11. The van der Waals surface area contributed by atoms with Gasteiger partial charge in [-0.05, 0) is 70.3 Å². The SMILES string of the molecule is c1ccc2c(c1)-c1ccccc1C2c1ccc2c(c1)c1ccccc1n2-c1ccccc1-c1ccccc1-n1c2ccccc2c2ccccc21. The molecule has 2 nitrogen and oxygen atoms in total. The zero-order valence-corrected chi connectivity index (χ0v) is 27.9. The number of hydrogen-bond acceptors (Lipinski definition) is 0. The molecule has 11 rings (SSSR count). The summed E-state index contributed by atoms with van der Waals surface area (Å²) in [5, 5.41) is 5.07. The molecule has 0 atom stereocenters. The van der Waals surface area contributed by atoms with Gasteiger partial charge >= 0.3 is 0 Å². The average molecular weight is 649 g/mol. The predicted molar refractivity (Wildman–Crippen MR) is 213 cm³/mol. The van der Waals surface area contributed by atoms with Crippen LogP contribution in [0.4, 0.5) is 0 Å². The Morgan fingerprint density at radius 3 is 1.18 bits per heavy atom. The van der Waals surface area contributed by atoms with Crippen LogP contribution in [0.3, 0.4) is 0 Å². The van der Waals surface area contributed by atoms with E-state index in [0.29, 0.717) is 0 Å². The summed E-state index contributed by atoms with van der Waals surface area (Å²) in [6.07, 6.45) is 0. The minimum absolute atomic E-state index is 0.203. The van der Waals surface area contributed by atoms with Crippen molar-refractivity contribution in [3.63, 3.8) is 0 Å². The van der Waals surface area contributed by atoms with Crippen LogP contribution in [0.5, 0.6) is 0 Å². The molecular weight excluding hydrogens is 617 g/mol. The van der Waals surface area contributed by atoms with Crippen LogP contribution in [-0.4, -0.2) is 9.13 Å². The molecule has 2 heteroatoms. The average Bonchev–Trinajstić information content (AvgIpc) is 3.83. The smallest absolute Gasteiger partial charge is 0.0541 e. The number of nitrogens with zero attached hydrogens (tertiary/aromatic N) is 2. The van der Waals surface area contributed by atoms with Gasteiger partial charge in [-0.25, -0.2) is 0 Å². The molecule has 0 saturated heterocycles. The molecule has 0 radical (unpaired) electrons. The minimum Gasteiger partial charge on any atom is -0.309 e. The minimum atomic E-state index is 0.203. The quantitative estimate of drug-likeness (QED) is 0.180. The van der Waals surface area contributed by atoms with Crippen molar-refractivity contribution in [2.45, 2.75) is 5.92 Å². The lowest BCUT2D eigenvalue weighted by Gasteiger charge is -2.18. The third-order valence-corrected chi connectivity index (χ3v) is 11.0. The molecule has 0 fully saturated rings. The van der Waals surface area contributed by atoms with Crippen LogP contribution >= 0.6 is 0 Å². The summed E-state index contributed by atoms with van der Waals surface area (Å²) in [6.45, 7) is 0. The highest BCUT2D eigenvalue weighted by Crippen LogP contribution is 2.49. The second-order valence-corrected chi connectivity index (χ2v) is 13.6. The van der Waals surface area contributed by atoms with Crippen LogP contribution in [0.25, 0.3) is 77.2 Å². The van der Waals surface area contributed by atoms with Gasteiger partial charge < -0.3 is 9.13 Å². The van der Waals surface area contributed by atoms with Crippen molar-refractivity contribution in [3.05, 3.63) is 205 Å². The highest BCUT2D eigenvalue weighted by Gasteiger charge is 2.30. The zero-order valence-electron chi connectivity index (χ0n) is 27.9. The van der Waals surface area contributed by atoms with Crippen LogP contribution in [-0.2, 0) is 0 Å². The van der Waals surface area contributed by atoms with Crippen molar-refractivity contribution in [2.24, 2.45) is 0 Å². The highest BCUT2D eigenvalue weighted by atomic mass is 15.0. The molecule has 51 heavy (non-hydrogen) atoms. The molecule has 0 aliphatic heterocycles. The third-order valence-electron chi connectivity index (χ3n) is 11.0. The van der Waals surface area contributed by atoms with Crippen molar-refractivity contribution in [3.8, 4) is 33.6 Å². The Labute approximate surface area is 296 Å². The fraction of sp³-hybridized carbons (Fsp3) is 0.0204. The van der Waals surface area contributed by atoms with Gasteiger partial charge in [-0.15, -0.1) is 0 Å². The summed E-state index contributed by atoms with van der Waals surface area (Å²) in [6, 6.07) is 69.1. The molecule has 2 aromatic heterocycles. The lowest BCUT2D eigenvalue weighted by Crippen LogP contribution is -2.02. The van der Waals surface area contributed by atoms with E-state index in [9.17, 15) is 0 Å². The first-order valence-corrected chi connectivity index (χ1v) is 17.7. The van der Waals surface area contributed by atoms with Gasteiger partial charge in [0, 0.05) is 38.6 Å². The Morgan fingerprint density at radius 1 is 0.294 bits per heavy atom. The summed E-state index contributed by atoms with van der Waals surface area (Å²) < 4.78 is 4.91. The largest absolute Gasteiger partial charge is 0.309 e. The van der Waals surface area contributed by atoms with Gasteiger partial charge in [0.05, 0.1) is 33.4 Å². The standard InChI is InChI=1S/C49H32N2/c1-3-22-40-33(15-1)34-16-2-4-23-41(34)49(40)32-29-30-48-42(31-32)39-21-9-14-28-47(39)51(48)46-27-13-8-20-38(46)37-19-7-12-26-45(37)50-43-24-10-5-17-35(43)36-18-6-11-25-44(36)50/h1-31,49H. The van der Waals surface area contributed by atoms with Gasteiger partial charge in [-0.1, -0.05) is 146 Å². The molecule has 0 N–H and O–H groups in total. The van der Waals surface area contributed by atoms with E-state index in [1.165, 1.54) is 93.9 Å². The maximum Gasteiger partial charge on any atom is 0.0541 e. The summed E-state index contributed by atoms with van der Waals surface area (Å²) in [5.74, 6) is 0.203. The first kappa shape index (κ1) is 28.2. The van der Waals surface area contributed by atoms with E-state index in [1.807, 2.05) is 0 Å². The van der Waals surface area contributed by atoms with E-state index in [-0.39, 0.29) is 5.92 Å². The number of aromatic nitrogens is 2. The first-order chi connectivity index (χ1) is 25.3. The third kappa shape index (κ3) is 4.05. The van der Waals surface area contributed by atoms with E-state index in [4.69, 9.17) is 0 Å². The van der Waals surface area contributed by atoms with E-state index >= 15 is 0 Å². The number of hydrogen-bond donors (Lipinski definition) is 0. The van der Waals surface area contributed by atoms with Gasteiger partial charge in [0.15, 0.2) is 0 Å². The molecule has 10 aromatic rings. The normalized spacial score (nSPS) is 12.6. The Bertz CT molecular complexity index is 2890. The number of para-hydroxylation sites is 5. The zero-order chi connectivity index (χ0) is 33.5. The molecular formula is C49H32N2. The van der Waals surface area contributed by atoms with Crippen molar-refractivity contribution in [2.75, 3.05) is 0 Å². The van der Waals surface area contributed by atoms with Crippen molar-refractivity contribution < 1.29 is 0 Å². The molecule has 0 spiro atoms. The lowest BCUT2D eigenvalue weighted by atomic mass is 9.88. The second-order valence-electron chi connectivity index (χ2n) is 13.6. The van der Waals surface area contributed by atoms with Crippen LogP contribution in [0.2, 0.25) is 0 Å². The van der Waals surface area contributed by atoms with Crippen LogP contribution in [0, 0.1) is 0 Å².